The lowest BCUT2D eigenvalue weighted by molar-refractivity contribution is -0.140. The molecule has 10 nitrogen and oxygen atoms in total. The Morgan fingerprint density at radius 1 is 1.05 bits per heavy atom. The zero-order chi connectivity index (χ0) is 30.1. The number of carbonyl (C=O) groups is 2. The standard InChI is InChI=1S/C30H32N2O8S2/c1-20-25(31-28(41-20)27-10-6-15-39-27)9-4-5-16-42(37,38)24-13-11-21(12-14-24)17-22-7-2-3-8-23(22)19-40-30(36)32-26(18-33)29(34)35/h2-3,6-8,10-15,26,33H,4-5,9,16-19H2,1H3,(H,32,36)(H,34,35). The van der Waals surface area contributed by atoms with Gasteiger partial charge in [-0.25, -0.2) is 23.0 Å². The van der Waals surface area contributed by atoms with Crippen LogP contribution in [0.5, 0.6) is 0 Å². The Labute approximate surface area is 247 Å². The number of furan rings is 1. The first kappa shape index (κ1) is 30.9. The van der Waals surface area contributed by atoms with Crippen LogP contribution in [0.3, 0.4) is 0 Å². The predicted octanol–water partition coefficient (Wildman–Crippen LogP) is 4.77. The van der Waals surface area contributed by atoms with Gasteiger partial charge in [-0.1, -0.05) is 36.4 Å². The van der Waals surface area contributed by atoms with E-state index in [-0.39, 0.29) is 17.3 Å². The molecule has 42 heavy (non-hydrogen) atoms. The second-order valence-electron chi connectivity index (χ2n) is 9.66. The number of hydrogen-bond donors (Lipinski definition) is 3. The van der Waals surface area contributed by atoms with Crippen LogP contribution < -0.4 is 5.32 Å². The monoisotopic (exact) mass is 612 g/mol. The maximum atomic E-state index is 13.0. The number of aromatic nitrogens is 1. The van der Waals surface area contributed by atoms with Crippen LogP contribution in [0, 0.1) is 6.92 Å². The number of carboxylic acids is 1. The van der Waals surface area contributed by atoms with E-state index in [0.717, 1.165) is 32.5 Å². The highest BCUT2D eigenvalue weighted by atomic mass is 32.2. The van der Waals surface area contributed by atoms with Crippen molar-refractivity contribution in [3.63, 3.8) is 0 Å². The van der Waals surface area contributed by atoms with Gasteiger partial charge in [0.15, 0.2) is 26.6 Å². The van der Waals surface area contributed by atoms with Gasteiger partial charge in [-0.05, 0) is 73.6 Å². The summed E-state index contributed by atoms with van der Waals surface area (Å²) >= 11 is 1.57. The summed E-state index contributed by atoms with van der Waals surface area (Å²) in [6.45, 7) is 1.15. The molecule has 0 fully saturated rings. The lowest BCUT2D eigenvalue weighted by atomic mass is 10.0. The highest BCUT2D eigenvalue weighted by Crippen LogP contribution is 2.29. The molecule has 3 N–H and O–H groups in total. The minimum atomic E-state index is -3.45. The molecule has 1 atom stereocenters. The van der Waals surface area contributed by atoms with Gasteiger partial charge in [0.1, 0.15) is 6.61 Å². The van der Waals surface area contributed by atoms with Gasteiger partial charge in [0, 0.05) is 4.88 Å². The lowest BCUT2D eigenvalue weighted by Crippen LogP contribution is -2.43. The van der Waals surface area contributed by atoms with Crippen LogP contribution in [0.15, 0.2) is 76.2 Å². The molecule has 2 aromatic carbocycles. The Kier molecular flexibility index (Phi) is 10.5. The first-order valence-corrected chi connectivity index (χ1v) is 15.8. The second kappa shape index (κ2) is 14.3. The third-order valence-corrected chi connectivity index (χ3v) is 9.47. The third-order valence-electron chi connectivity index (χ3n) is 6.63. The van der Waals surface area contributed by atoms with Crippen LogP contribution in [0.2, 0.25) is 0 Å². The predicted molar refractivity (Wildman–Crippen MR) is 157 cm³/mol. The Bertz CT molecular complexity index is 1600. The Morgan fingerprint density at radius 3 is 2.45 bits per heavy atom. The summed E-state index contributed by atoms with van der Waals surface area (Å²) < 4.78 is 36.5. The summed E-state index contributed by atoms with van der Waals surface area (Å²) in [5.74, 6) is -0.595. The number of thiazole rings is 1. The molecule has 4 rings (SSSR count). The van der Waals surface area contributed by atoms with Crippen molar-refractivity contribution in [1.29, 1.82) is 0 Å². The number of carbonyl (C=O) groups excluding carboxylic acids is 1. The molecule has 0 aliphatic carbocycles. The number of carboxylic acid groups (broad SMARTS) is 1. The van der Waals surface area contributed by atoms with Crippen molar-refractivity contribution in [1.82, 2.24) is 10.3 Å². The number of ether oxygens (including phenoxy) is 1. The number of amides is 1. The summed E-state index contributed by atoms with van der Waals surface area (Å²) in [5.41, 5.74) is 3.43. The number of nitrogens with one attached hydrogen (secondary N) is 1. The normalized spacial score (nSPS) is 12.1. The fourth-order valence-corrected chi connectivity index (χ4v) is 6.58. The van der Waals surface area contributed by atoms with Gasteiger partial charge in [-0.2, -0.15) is 0 Å². The molecule has 0 radical (unpaired) electrons. The van der Waals surface area contributed by atoms with E-state index in [1.54, 1.807) is 54.0 Å². The molecule has 1 amide bonds. The quantitative estimate of drug-likeness (QED) is 0.171. The summed E-state index contributed by atoms with van der Waals surface area (Å²) in [6.07, 6.45) is 3.05. The molecule has 0 bridgehead atoms. The van der Waals surface area contributed by atoms with Crippen LogP contribution in [-0.4, -0.2) is 54.1 Å². The van der Waals surface area contributed by atoms with Crippen molar-refractivity contribution in [2.75, 3.05) is 12.4 Å². The van der Waals surface area contributed by atoms with E-state index >= 15 is 0 Å². The summed E-state index contributed by atoms with van der Waals surface area (Å²) in [6, 6.07) is 16.3. The van der Waals surface area contributed by atoms with Crippen molar-refractivity contribution >= 4 is 33.2 Å². The van der Waals surface area contributed by atoms with E-state index in [2.05, 4.69) is 10.3 Å². The van der Waals surface area contributed by atoms with E-state index in [9.17, 15) is 18.0 Å². The van der Waals surface area contributed by atoms with Crippen molar-refractivity contribution in [2.24, 2.45) is 0 Å². The Balaban J connectivity index is 1.29. The number of rotatable bonds is 14. The van der Waals surface area contributed by atoms with Crippen LogP contribution in [0.1, 0.15) is 40.1 Å². The number of aliphatic hydroxyl groups is 1. The van der Waals surface area contributed by atoms with Gasteiger partial charge < -0.3 is 24.7 Å². The van der Waals surface area contributed by atoms with E-state index in [0.29, 0.717) is 31.2 Å². The number of aliphatic carboxylic acids is 1. The molecule has 0 aliphatic heterocycles. The van der Waals surface area contributed by atoms with Crippen LogP contribution in [0.4, 0.5) is 4.79 Å². The molecule has 2 heterocycles. The van der Waals surface area contributed by atoms with Gasteiger partial charge in [0.05, 0.1) is 29.2 Å². The smallest absolute Gasteiger partial charge is 0.408 e. The third kappa shape index (κ3) is 8.28. The molecular formula is C30H32N2O8S2. The number of unbranched alkanes of at least 4 members (excludes halogenated alkanes) is 1. The van der Waals surface area contributed by atoms with Gasteiger partial charge in [0.25, 0.3) is 0 Å². The molecule has 222 valence electrons. The van der Waals surface area contributed by atoms with E-state index in [1.807, 2.05) is 31.2 Å². The van der Waals surface area contributed by atoms with Crippen LogP contribution >= 0.6 is 11.3 Å². The molecule has 0 spiro atoms. The lowest BCUT2D eigenvalue weighted by Gasteiger charge is -2.14. The summed E-state index contributed by atoms with van der Waals surface area (Å²) in [5, 5.41) is 20.9. The van der Waals surface area contributed by atoms with Gasteiger partial charge in [0.2, 0.25) is 0 Å². The van der Waals surface area contributed by atoms with Crippen molar-refractivity contribution < 1.29 is 37.4 Å². The number of sulfone groups is 1. The minimum Gasteiger partial charge on any atom is -0.480 e. The van der Waals surface area contributed by atoms with E-state index in [1.165, 1.54) is 0 Å². The fourth-order valence-electron chi connectivity index (χ4n) is 4.29. The average Bonchev–Trinajstić information content (AvgIpc) is 3.64. The maximum Gasteiger partial charge on any atom is 0.408 e. The Morgan fingerprint density at radius 2 is 1.79 bits per heavy atom. The summed E-state index contributed by atoms with van der Waals surface area (Å²) in [7, 11) is -3.45. The van der Waals surface area contributed by atoms with Crippen LogP contribution in [-0.2, 0) is 38.8 Å². The van der Waals surface area contributed by atoms with E-state index < -0.39 is 34.5 Å². The SMILES string of the molecule is Cc1sc(-c2ccco2)nc1CCCCS(=O)(=O)c1ccc(Cc2ccccc2COC(=O)NC(CO)C(=O)O)cc1. The highest BCUT2D eigenvalue weighted by Gasteiger charge is 2.20. The zero-order valence-corrected chi connectivity index (χ0v) is 24.6. The van der Waals surface area contributed by atoms with Gasteiger partial charge in [-0.3, -0.25) is 0 Å². The molecule has 0 aliphatic rings. The highest BCUT2D eigenvalue weighted by molar-refractivity contribution is 7.91. The topological polar surface area (TPSA) is 156 Å². The molecule has 12 heteroatoms. The molecule has 4 aromatic rings. The van der Waals surface area contributed by atoms with Crippen LogP contribution in [0.25, 0.3) is 10.8 Å². The maximum absolute atomic E-state index is 13.0. The fraction of sp³-hybridized carbons (Fsp3) is 0.300. The van der Waals surface area contributed by atoms with Crippen molar-refractivity contribution in [2.45, 2.75) is 50.2 Å². The first-order chi connectivity index (χ1) is 20.2. The number of benzene rings is 2. The number of alkyl carbamates (subject to hydrolysis) is 1. The van der Waals surface area contributed by atoms with Gasteiger partial charge >= 0.3 is 12.1 Å². The average molecular weight is 613 g/mol. The zero-order valence-electron chi connectivity index (χ0n) is 23.0. The van der Waals surface area contributed by atoms with Crippen molar-refractivity contribution in [3.05, 3.63) is 94.2 Å². The number of aliphatic hydroxyl groups excluding tert-OH is 1. The largest absolute Gasteiger partial charge is 0.480 e. The van der Waals surface area contributed by atoms with Gasteiger partial charge in [-0.15, -0.1) is 11.3 Å². The number of aryl methyl sites for hydroxylation is 2. The number of nitrogens with zero attached hydrogens (tertiary/aromatic N) is 1. The summed E-state index contributed by atoms with van der Waals surface area (Å²) in [4.78, 5) is 28.9. The molecule has 0 saturated carbocycles. The van der Waals surface area contributed by atoms with Crippen molar-refractivity contribution in [3.8, 4) is 10.8 Å². The minimum absolute atomic E-state index is 0.0435. The Hall–Kier alpha value is -4.00. The first-order valence-electron chi connectivity index (χ1n) is 13.3. The molecule has 2 aromatic heterocycles. The number of hydrogen-bond acceptors (Lipinski definition) is 9. The molecular weight excluding hydrogens is 580 g/mol. The van der Waals surface area contributed by atoms with E-state index in [4.69, 9.17) is 19.4 Å². The molecule has 0 saturated heterocycles. The second-order valence-corrected chi connectivity index (χ2v) is 13.0. The molecule has 1 unspecified atom stereocenters.